The van der Waals surface area contributed by atoms with Crippen molar-refractivity contribution in [1.82, 2.24) is 9.62 Å². The number of nitrogens with zero attached hydrogens (tertiary/aromatic N) is 1. The molecule has 2 rings (SSSR count). The summed E-state index contributed by atoms with van der Waals surface area (Å²) in [5, 5.41) is 2.79. The van der Waals surface area contributed by atoms with Crippen molar-refractivity contribution in [2.45, 2.75) is 17.9 Å². The zero-order valence-corrected chi connectivity index (χ0v) is 19.3. The molecule has 31 heavy (non-hydrogen) atoms. The molecule has 1 N–H and O–H groups in total. The molecule has 9 nitrogen and oxygen atoms in total. The van der Waals surface area contributed by atoms with Crippen LogP contribution in [0.5, 0.6) is 23.0 Å². The molecule has 0 aliphatic heterocycles. The Kier molecular flexibility index (Phi) is 8.12. The van der Waals surface area contributed by atoms with E-state index in [1.807, 2.05) is 0 Å². The van der Waals surface area contributed by atoms with Gasteiger partial charge < -0.3 is 24.3 Å². The normalized spacial score (nSPS) is 12.2. The van der Waals surface area contributed by atoms with Crippen molar-refractivity contribution in [3.63, 3.8) is 0 Å². The molecule has 0 aliphatic rings. The van der Waals surface area contributed by atoms with Gasteiger partial charge in [-0.25, -0.2) is 8.42 Å². The predicted octanol–water partition coefficient (Wildman–Crippen LogP) is 2.22. The summed E-state index contributed by atoms with van der Waals surface area (Å²) in [5.41, 5.74) is 0.788. The van der Waals surface area contributed by atoms with Gasteiger partial charge in [-0.05, 0) is 36.8 Å². The van der Waals surface area contributed by atoms with Gasteiger partial charge in [0.05, 0.1) is 45.9 Å². The Balaban J connectivity index is 2.11. The van der Waals surface area contributed by atoms with Crippen molar-refractivity contribution in [2.75, 3.05) is 42.0 Å². The third kappa shape index (κ3) is 5.59. The van der Waals surface area contributed by atoms with Crippen LogP contribution < -0.4 is 24.3 Å². The summed E-state index contributed by atoms with van der Waals surface area (Å²) < 4.78 is 47.5. The number of ether oxygens (including phenoxy) is 4. The molecule has 0 heterocycles. The molecule has 0 aromatic heterocycles. The van der Waals surface area contributed by atoms with Crippen molar-refractivity contribution in [2.24, 2.45) is 0 Å². The van der Waals surface area contributed by atoms with Gasteiger partial charge in [0.25, 0.3) is 0 Å². The Morgan fingerprint density at radius 3 is 1.97 bits per heavy atom. The molecular formula is C21H28N2O7S. The number of sulfonamides is 1. The Hall–Kier alpha value is -2.98. The van der Waals surface area contributed by atoms with Crippen LogP contribution in [-0.4, -0.2) is 60.7 Å². The maximum Gasteiger partial charge on any atom is 0.243 e. The van der Waals surface area contributed by atoms with E-state index in [-0.39, 0.29) is 23.2 Å². The molecule has 2 aromatic rings. The smallest absolute Gasteiger partial charge is 0.243 e. The Labute approximate surface area is 182 Å². The molecule has 0 unspecified atom stereocenters. The largest absolute Gasteiger partial charge is 0.493 e. The number of nitrogens with one attached hydrogen (secondary N) is 1. The predicted molar refractivity (Wildman–Crippen MR) is 115 cm³/mol. The van der Waals surface area contributed by atoms with E-state index < -0.39 is 15.9 Å². The first-order valence-corrected chi connectivity index (χ1v) is 10.8. The Morgan fingerprint density at radius 2 is 1.42 bits per heavy atom. The number of methoxy groups -OCH3 is 4. The summed E-state index contributed by atoms with van der Waals surface area (Å²) in [4.78, 5) is 12.5. The second-order valence-corrected chi connectivity index (χ2v) is 8.73. The first kappa shape index (κ1) is 24.3. The average Bonchev–Trinajstić information content (AvgIpc) is 2.77. The SMILES string of the molecule is COc1ccc([C@@H](C)NC(=O)CN(C)S(=O)(=O)c2ccc(OC)c(OC)c2)cc1OC. The van der Waals surface area contributed by atoms with E-state index >= 15 is 0 Å². The quantitative estimate of drug-likeness (QED) is 0.589. The molecule has 0 bridgehead atoms. The molecule has 1 atom stereocenters. The molecule has 10 heteroatoms. The molecule has 0 aliphatic carbocycles. The van der Waals surface area contributed by atoms with Crippen molar-refractivity contribution in [3.05, 3.63) is 42.0 Å². The minimum absolute atomic E-state index is 0.00612. The highest BCUT2D eigenvalue weighted by atomic mass is 32.2. The zero-order chi connectivity index (χ0) is 23.2. The molecule has 170 valence electrons. The zero-order valence-electron chi connectivity index (χ0n) is 18.5. The number of hydrogen-bond acceptors (Lipinski definition) is 7. The number of carbonyl (C=O) groups excluding carboxylic acids is 1. The third-order valence-electron chi connectivity index (χ3n) is 4.71. The third-order valence-corrected chi connectivity index (χ3v) is 6.51. The van der Waals surface area contributed by atoms with Crippen LogP contribution in [0.25, 0.3) is 0 Å². The van der Waals surface area contributed by atoms with Gasteiger partial charge in [-0.15, -0.1) is 0 Å². The van der Waals surface area contributed by atoms with Crippen LogP contribution in [-0.2, 0) is 14.8 Å². The van der Waals surface area contributed by atoms with Crippen molar-refractivity contribution in [1.29, 1.82) is 0 Å². The number of likely N-dealkylation sites (N-methyl/N-ethyl adjacent to an activating group) is 1. The summed E-state index contributed by atoms with van der Waals surface area (Å²) in [7, 11) is 3.37. The standard InChI is InChI=1S/C21H28N2O7S/c1-14(15-7-9-17(27-3)19(11-15)29-5)22-21(24)13-23(2)31(25,26)16-8-10-18(28-4)20(12-16)30-6/h7-12,14H,13H2,1-6H3,(H,22,24)/t14-/m1/s1. The van der Waals surface area contributed by atoms with Crippen LogP contribution in [0.1, 0.15) is 18.5 Å². The molecule has 2 aromatic carbocycles. The minimum Gasteiger partial charge on any atom is -0.493 e. The second kappa shape index (κ2) is 10.4. The summed E-state index contributed by atoms with van der Waals surface area (Å²) >= 11 is 0. The minimum atomic E-state index is -3.91. The maximum absolute atomic E-state index is 12.9. The van der Waals surface area contributed by atoms with Gasteiger partial charge in [-0.3, -0.25) is 4.79 Å². The molecule has 0 saturated heterocycles. The van der Waals surface area contributed by atoms with Crippen LogP contribution in [0, 0.1) is 0 Å². The average molecular weight is 453 g/mol. The van der Waals surface area contributed by atoms with Crippen LogP contribution in [0.15, 0.2) is 41.3 Å². The van der Waals surface area contributed by atoms with Gasteiger partial charge in [0.15, 0.2) is 23.0 Å². The monoisotopic (exact) mass is 452 g/mol. The van der Waals surface area contributed by atoms with E-state index in [1.54, 1.807) is 25.1 Å². The summed E-state index contributed by atoms with van der Waals surface area (Å²) in [6.07, 6.45) is 0. The van der Waals surface area contributed by atoms with Gasteiger partial charge in [0.1, 0.15) is 0 Å². The molecule has 0 saturated carbocycles. The molecule has 0 fully saturated rings. The summed E-state index contributed by atoms with van der Waals surface area (Å²) in [6, 6.07) is 9.18. The summed E-state index contributed by atoms with van der Waals surface area (Å²) in [5.74, 6) is 1.35. The van der Waals surface area contributed by atoms with Crippen LogP contribution in [0.4, 0.5) is 0 Å². The number of hydrogen-bond donors (Lipinski definition) is 1. The summed E-state index contributed by atoms with van der Waals surface area (Å²) in [6.45, 7) is 1.44. The Bertz CT molecular complexity index is 1020. The van der Waals surface area contributed by atoms with Gasteiger partial charge >= 0.3 is 0 Å². The topological polar surface area (TPSA) is 103 Å². The highest BCUT2D eigenvalue weighted by molar-refractivity contribution is 7.89. The van der Waals surface area contributed by atoms with Crippen LogP contribution >= 0.6 is 0 Å². The van der Waals surface area contributed by atoms with E-state index in [0.717, 1.165) is 9.87 Å². The molecular weight excluding hydrogens is 424 g/mol. The number of carbonyl (C=O) groups is 1. The lowest BCUT2D eigenvalue weighted by atomic mass is 10.1. The highest BCUT2D eigenvalue weighted by Gasteiger charge is 2.25. The maximum atomic E-state index is 12.9. The molecule has 0 spiro atoms. The van der Waals surface area contributed by atoms with Crippen molar-refractivity contribution in [3.8, 4) is 23.0 Å². The van der Waals surface area contributed by atoms with Gasteiger partial charge in [0.2, 0.25) is 15.9 Å². The number of benzene rings is 2. The van der Waals surface area contributed by atoms with Gasteiger partial charge in [-0.1, -0.05) is 6.07 Å². The second-order valence-electron chi connectivity index (χ2n) is 6.68. The number of amides is 1. The van der Waals surface area contributed by atoms with Gasteiger partial charge in [0, 0.05) is 13.1 Å². The first-order valence-electron chi connectivity index (χ1n) is 9.37. The highest BCUT2D eigenvalue weighted by Crippen LogP contribution is 2.31. The fourth-order valence-corrected chi connectivity index (χ4v) is 4.08. The number of rotatable bonds is 10. The van der Waals surface area contributed by atoms with E-state index in [0.29, 0.717) is 17.2 Å². The lowest BCUT2D eigenvalue weighted by Gasteiger charge is -2.20. The van der Waals surface area contributed by atoms with Crippen LogP contribution in [0.3, 0.4) is 0 Å². The van der Waals surface area contributed by atoms with Crippen molar-refractivity contribution >= 4 is 15.9 Å². The molecule has 0 radical (unpaired) electrons. The lowest BCUT2D eigenvalue weighted by molar-refractivity contribution is -0.121. The fourth-order valence-electron chi connectivity index (χ4n) is 2.94. The van der Waals surface area contributed by atoms with E-state index in [2.05, 4.69) is 5.32 Å². The van der Waals surface area contributed by atoms with E-state index in [4.69, 9.17) is 18.9 Å². The Morgan fingerprint density at radius 1 is 0.903 bits per heavy atom. The molecule has 1 amide bonds. The lowest BCUT2D eigenvalue weighted by Crippen LogP contribution is -2.39. The fraction of sp³-hybridized carbons (Fsp3) is 0.381. The van der Waals surface area contributed by atoms with E-state index in [9.17, 15) is 13.2 Å². The van der Waals surface area contributed by atoms with Crippen molar-refractivity contribution < 1.29 is 32.2 Å². The first-order chi connectivity index (χ1) is 14.7. The van der Waals surface area contributed by atoms with Gasteiger partial charge in [-0.2, -0.15) is 4.31 Å². The van der Waals surface area contributed by atoms with Crippen LogP contribution in [0.2, 0.25) is 0 Å². The van der Waals surface area contributed by atoms with E-state index in [1.165, 1.54) is 53.7 Å².